The van der Waals surface area contributed by atoms with Crippen LogP contribution < -0.4 is 11.1 Å². The van der Waals surface area contributed by atoms with Crippen LogP contribution in [0.5, 0.6) is 5.75 Å². The number of benzene rings is 1. The molecule has 1 heterocycles. The number of rotatable bonds is 5. The third kappa shape index (κ3) is 3.33. The first kappa shape index (κ1) is 14.0. The number of hydrogen-bond donors (Lipinski definition) is 3. The van der Waals surface area contributed by atoms with Crippen molar-refractivity contribution >= 4 is 5.91 Å². The van der Waals surface area contributed by atoms with Crippen molar-refractivity contribution in [3.05, 3.63) is 41.5 Å². The third-order valence-electron chi connectivity index (χ3n) is 2.69. The first-order valence-electron chi connectivity index (χ1n) is 6.25. The Morgan fingerprint density at radius 2 is 2.15 bits per heavy atom. The highest BCUT2D eigenvalue weighted by Crippen LogP contribution is 2.16. The van der Waals surface area contributed by atoms with E-state index < -0.39 is 6.04 Å². The van der Waals surface area contributed by atoms with Crippen LogP contribution in [-0.4, -0.2) is 27.7 Å². The zero-order valence-corrected chi connectivity index (χ0v) is 11.0. The average molecular weight is 276 g/mol. The zero-order chi connectivity index (χ0) is 14.5. The molecule has 0 spiro atoms. The van der Waals surface area contributed by atoms with E-state index in [1.54, 1.807) is 31.2 Å². The molecule has 1 atom stereocenters. The maximum absolute atomic E-state index is 11.5. The maximum Gasteiger partial charge on any atom is 0.292 e. The molecule has 0 aliphatic heterocycles. The van der Waals surface area contributed by atoms with Gasteiger partial charge in [0.2, 0.25) is 5.89 Å². The van der Waals surface area contributed by atoms with Gasteiger partial charge in [-0.15, -0.1) is 0 Å². The van der Waals surface area contributed by atoms with Crippen LogP contribution in [-0.2, 0) is 6.42 Å². The number of amides is 1. The molecule has 106 valence electrons. The van der Waals surface area contributed by atoms with Crippen LogP contribution in [0.1, 0.15) is 35.0 Å². The number of aromatic nitrogens is 2. The van der Waals surface area contributed by atoms with Crippen molar-refractivity contribution in [2.24, 2.45) is 5.73 Å². The molecule has 2 aromatic rings. The summed E-state index contributed by atoms with van der Waals surface area (Å²) in [4.78, 5) is 15.5. The van der Waals surface area contributed by atoms with Gasteiger partial charge in [-0.05, 0) is 31.0 Å². The summed E-state index contributed by atoms with van der Waals surface area (Å²) in [6.07, 6.45) is 0.470. The highest BCUT2D eigenvalue weighted by molar-refractivity contribution is 5.90. The van der Waals surface area contributed by atoms with E-state index in [0.29, 0.717) is 13.0 Å². The number of nitrogens with two attached hydrogens (primary N) is 1. The molecule has 0 aliphatic carbocycles. The van der Waals surface area contributed by atoms with Gasteiger partial charge in [-0.25, -0.2) is 0 Å². The molecule has 0 unspecified atom stereocenters. The molecule has 0 saturated carbocycles. The molecule has 0 saturated heterocycles. The van der Waals surface area contributed by atoms with Gasteiger partial charge in [0.05, 0.1) is 6.04 Å². The summed E-state index contributed by atoms with van der Waals surface area (Å²) in [6.45, 7) is 2.29. The quantitative estimate of drug-likeness (QED) is 0.743. The lowest BCUT2D eigenvalue weighted by molar-refractivity contribution is 0.0942. The molecular formula is C13H16N4O3. The first-order chi connectivity index (χ1) is 9.60. The van der Waals surface area contributed by atoms with E-state index in [0.717, 1.165) is 5.56 Å². The first-order valence-corrected chi connectivity index (χ1v) is 6.25. The number of nitrogens with one attached hydrogen (secondary N) is 1. The van der Waals surface area contributed by atoms with Crippen LogP contribution in [0.2, 0.25) is 0 Å². The van der Waals surface area contributed by atoms with E-state index >= 15 is 0 Å². The molecule has 0 bridgehead atoms. The van der Waals surface area contributed by atoms with Crippen molar-refractivity contribution in [1.82, 2.24) is 15.5 Å². The highest BCUT2D eigenvalue weighted by atomic mass is 16.5. The lowest BCUT2D eigenvalue weighted by atomic mass is 10.1. The van der Waals surface area contributed by atoms with E-state index in [1.807, 2.05) is 0 Å². The Hall–Kier alpha value is -2.41. The molecule has 0 radical (unpaired) electrons. The van der Waals surface area contributed by atoms with E-state index in [4.69, 9.17) is 10.3 Å². The molecule has 2 rings (SSSR count). The predicted molar refractivity (Wildman–Crippen MR) is 71.0 cm³/mol. The van der Waals surface area contributed by atoms with Gasteiger partial charge in [-0.1, -0.05) is 17.3 Å². The fourth-order valence-corrected chi connectivity index (χ4v) is 1.69. The van der Waals surface area contributed by atoms with E-state index in [-0.39, 0.29) is 23.4 Å². The number of phenols is 1. The molecule has 7 heteroatoms. The van der Waals surface area contributed by atoms with Crippen LogP contribution >= 0.6 is 0 Å². The molecular weight excluding hydrogens is 260 g/mol. The number of aromatic hydroxyl groups is 1. The Balaban J connectivity index is 2.04. The van der Waals surface area contributed by atoms with Gasteiger partial charge < -0.3 is 20.7 Å². The second-order valence-electron chi connectivity index (χ2n) is 4.29. The van der Waals surface area contributed by atoms with Gasteiger partial charge >= 0.3 is 0 Å². The smallest absolute Gasteiger partial charge is 0.292 e. The van der Waals surface area contributed by atoms with Crippen molar-refractivity contribution in [3.63, 3.8) is 0 Å². The van der Waals surface area contributed by atoms with Crippen molar-refractivity contribution < 1.29 is 14.4 Å². The molecule has 4 N–H and O–H groups in total. The van der Waals surface area contributed by atoms with Gasteiger partial charge in [-0.2, -0.15) is 4.98 Å². The van der Waals surface area contributed by atoms with E-state index in [2.05, 4.69) is 15.5 Å². The molecule has 20 heavy (non-hydrogen) atoms. The summed E-state index contributed by atoms with van der Waals surface area (Å²) in [5, 5.41) is 15.4. The maximum atomic E-state index is 11.5. The Labute approximate surface area is 115 Å². The van der Waals surface area contributed by atoms with Crippen molar-refractivity contribution in [3.8, 4) is 5.75 Å². The Bertz CT molecular complexity index is 580. The van der Waals surface area contributed by atoms with Crippen molar-refractivity contribution in [1.29, 1.82) is 0 Å². The summed E-state index contributed by atoms with van der Waals surface area (Å²) in [6, 6.07) is 6.17. The predicted octanol–water partition coefficient (Wildman–Crippen LogP) is 0.767. The summed E-state index contributed by atoms with van der Waals surface area (Å²) in [5.74, 6) is -0.0136. The van der Waals surface area contributed by atoms with Crippen LogP contribution in [0, 0.1) is 0 Å². The zero-order valence-electron chi connectivity index (χ0n) is 11.0. The number of phenolic OH excluding ortho intramolecular Hbond substituents is 1. The lowest BCUT2D eigenvalue weighted by Crippen LogP contribution is -2.24. The van der Waals surface area contributed by atoms with Gasteiger partial charge in [-0.3, -0.25) is 4.79 Å². The fourth-order valence-electron chi connectivity index (χ4n) is 1.69. The molecule has 1 aromatic heterocycles. The van der Waals surface area contributed by atoms with Crippen molar-refractivity contribution in [2.75, 3.05) is 6.54 Å². The Kier molecular flexibility index (Phi) is 4.31. The molecule has 0 fully saturated rings. The standard InChI is InChI=1S/C13H16N4O3/c1-2-15-12(19)11-16-13(20-17-11)10(14)7-8-3-5-9(18)6-4-8/h3-6,10,18H,2,7,14H2,1H3,(H,15,19)/t10-/m1/s1. The monoisotopic (exact) mass is 276 g/mol. The normalized spacial score (nSPS) is 12.1. The molecule has 7 nitrogen and oxygen atoms in total. The summed E-state index contributed by atoms with van der Waals surface area (Å²) >= 11 is 0. The van der Waals surface area contributed by atoms with E-state index in [1.165, 1.54) is 0 Å². The SMILES string of the molecule is CCNC(=O)c1noc([C@H](N)Cc2ccc(O)cc2)n1. The van der Waals surface area contributed by atoms with Gasteiger partial charge in [0.1, 0.15) is 5.75 Å². The Morgan fingerprint density at radius 3 is 2.80 bits per heavy atom. The molecule has 1 amide bonds. The molecule has 1 aromatic carbocycles. The Morgan fingerprint density at radius 1 is 1.45 bits per heavy atom. The average Bonchev–Trinajstić information content (AvgIpc) is 2.91. The number of carbonyl (C=O) groups is 1. The minimum Gasteiger partial charge on any atom is -0.508 e. The third-order valence-corrected chi connectivity index (χ3v) is 2.69. The number of carbonyl (C=O) groups excluding carboxylic acids is 1. The number of hydrogen-bond acceptors (Lipinski definition) is 6. The second-order valence-corrected chi connectivity index (χ2v) is 4.29. The summed E-state index contributed by atoms with van der Waals surface area (Å²) in [5.41, 5.74) is 6.89. The van der Waals surface area contributed by atoms with Gasteiger partial charge in [0.25, 0.3) is 11.7 Å². The summed E-state index contributed by atoms with van der Waals surface area (Å²) in [7, 11) is 0. The minimum absolute atomic E-state index is 0.0250. The largest absolute Gasteiger partial charge is 0.508 e. The van der Waals surface area contributed by atoms with Gasteiger partial charge in [0.15, 0.2) is 0 Å². The van der Waals surface area contributed by atoms with E-state index in [9.17, 15) is 9.90 Å². The molecule has 0 aliphatic rings. The lowest BCUT2D eigenvalue weighted by Gasteiger charge is -2.06. The van der Waals surface area contributed by atoms with Crippen molar-refractivity contribution in [2.45, 2.75) is 19.4 Å². The number of nitrogens with zero attached hydrogens (tertiary/aromatic N) is 2. The van der Waals surface area contributed by atoms with Crippen LogP contribution in [0.15, 0.2) is 28.8 Å². The summed E-state index contributed by atoms with van der Waals surface area (Å²) < 4.78 is 4.99. The fraction of sp³-hybridized carbons (Fsp3) is 0.308. The van der Waals surface area contributed by atoms with Crippen LogP contribution in [0.3, 0.4) is 0 Å². The topological polar surface area (TPSA) is 114 Å². The second kappa shape index (κ2) is 6.16. The van der Waals surface area contributed by atoms with Gasteiger partial charge in [0, 0.05) is 6.54 Å². The van der Waals surface area contributed by atoms with Crippen LogP contribution in [0.4, 0.5) is 0 Å². The minimum atomic E-state index is -0.504. The van der Waals surface area contributed by atoms with Crippen LogP contribution in [0.25, 0.3) is 0 Å². The highest BCUT2D eigenvalue weighted by Gasteiger charge is 2.18.